The number of ether oxygens (including phenoxy) is 1. The number of imidazole rings is 1. The van der Waals surface area contributed by atoms with Crippen LogP contribution >= 0.6 is 0 Å². The van der Waals surface area contributed by atoms with Crippen LogP contribution in [0.15, 0.2) is 182 Å². The number of rotatable bonds is 10. The van der Waals surface area contributed by atoms with E-state index < -0.39 is 78.6 Å². The number of fused-ring (bicyclic) bond motifs is 4. The third-order valence-electron chi connectivity index (χ3n) is 10.4. The zero-order chi connectivity index (χ0) is 54.7. The standard InChI is InChI=1S/C57H50N4O/c1-39(2)32-40-26-29-51-50(33-40)49-28-27-46(36-54(49)61(51)55-34-41(30-31-58-55)37-57(3,4)5)62-45-21-14-20-44(35-45)59-38-60(53-25-13-12-24-52(53)59)56-47(42-16-8-6-9-17-42)22-15-23-48(56)43-18-10-7-11-19-43/h6-31,33-36,39H,32,37H2,1-5H3/i6D,7D,8D,9D,10D,11D,16D,17D,18D,19D,32D2,37D2. The van der Waals surface area contributed by atoms with Crippen LogP contribution in [-0.4, -0.2) is 14.1 Å². The van der Waals surface area contributed by atoms with Crippen molar-refractivity contribution in [3.05, 3.63) is 199 Å². The number of nitrogens with zero attached hydrogens (tertiary/aromatic N) is 4. The largest absolute Gasteiger partial charge is 0.458 e. The van der Waals surface area contributed by atoms with Crippen LogP contribution in [0.3, 0.4) is 0 Å². The molecule has 0 fully saturated rings. The van der Waals surface area contributed by atoms with Gasteiger partial charge in [-0.15, -0.1) is 0 Å². The van der Waals surface area contributed by atoms with Crippen molar-refractivity contribution in [2.45, 2.75) is 47.4 Å². The van der Waals surface area contributed by atoms with Crippen molar-refractivity contribution in [1.82, 2.24) is 14.1 Å². The predicted molar refractivity (Wildman–Crippen MR) is 255 cm³/mol. The quantitative estimate of drug-likeness (QED) is 0.102. The lowest BCUT2D eigenvalue weighted by Crippen LogP contribution is -2.31. The maximum absolute atomic E-state index is 9.09. The minimum Gasteiger partial charge on any atom is -0.458 e. The van der Waals surface area contributed by atoms with Gasteiger partial charge in [0.05, 0.1) is 47.1 Å². The zero-order valence-electron chi connectivity index (χ0n) is 48.8. The SMILES string of the molecule is [2H]c1c([2H])c([2H])c(-c2cccc(-c3c([2H])c([2H])c([2H])c([2H])c3[2H])c2-[n+]2[c-]n(-c3cccc(Oc4ccc5c6cc(C([2H])([2H])C(C)C)ccc6n(-c6cc(C([2H])([2H])C(C)(C)C)ccn6)c5c4)c3)c3ccccc32)c([2H])c1[2H]. The van der Waals surface area contributed by atoms with Crippen LogP contribution in [0.5, 0.6) is 11.5 Å². The average Bonchev–Trinajstić information content (AvgIpc) is 4.06. The molecule has 0 saturated heterocycles. The Bertz CT molecular complexity index is 3880. The van der Waals surface area contributed by atoms with Gasteiger partial charge in [-0.1, -0.05) is 150 Å². The summed E-state index contributed by atoms with van der Waals surface area (Å²) in [6, 6.07) is 28.3. The third-order valence-corrected chi connectivity index (χ3v) is 10.4. The van der Waals surface area contributed by atoms with Gasteiger partial charge < -0.3 is 4.74 Å². The molecule has 0 bridgehead atoms. The van der Waals surface area contributed by atoms with Gasteiger partial charge in [-0.25, -0.2) is 4.98 Å². The third kappa shape index (κ3) is 7.56. The Hall–Kier alpha value is -7.24. The lowest BCUT2D eigenvalue weighted by Gasteiger charge is -2.18. The number of hydrogen-bond acceptors (Lipinski definition) is 2. The fraction of sp³-hybridized carbons (Fsp3) is 0.158. The van der Waals surface area contributed by atoms with Gasteiger partial charge in [0.25, 0.3) is 6.33 Å². The molecule has 7 aromatic carbocycles. The van der Waals surface area contributed by atoms with Crippen LogP contribution in [0.1, 0.15) is 64.9 Å². The molecule has 0 N–H and O–H groups in total. The highest BCUT2D eigenvalue weighted by molar-refractivity contribution is 6.09. The van der Waals surface area contributed by atoms with E-state index in [0.717, 1.165) is 16.3 Å². The molecule has 5 heteroatoms. The molecule has 0 aliphatic carbocycles. The summed E-state index contributed by atoms with van der Waals surface area (Å²) in [5.74, 6) is 1.03. The van der Waals surface area contributed by atoms with Gasteiger partial charge in [0.15, 0.2) is 0 Å². The van der Waals surface area contributed by atoms with E-state index in [1.807, 2.05) is 87.7 Å². The maximum atomic E-state index is 9.09. The molecule has 3 heterocycles. The highest BCUT2D eigenvalue weighted by Crippen LogP contribution is 2.38. The summed E-state index contributed by atoms with van der Waals surface area (Å²) in [5, 5.41) is 1.58. The van der Waals surface area contributed by atoms with Crippen molar-refractivity contribution in [2.24, 2.45) is 11.3 Å². The van der Waals surface area contributed by atoms with Gasteiger partial charge in [-0.05, 0) is 112 Å². The first kappa shape index (κ1) is 26.2. The molecule has 10 aromatic rings. The monoisotopic (exact) mass is 820 g/mol. The molecule has 304 valence electrons. The Morgan fingerprint density at radius 2 is 1.39 bits per heavy atom. The van der Waals surface area contributed by atoms with E-state index in [1.165, 1.54) is 0 Å². The van der Waals surface area contributed by atoms with Gasteiger partial charge in [-0.2, -0.15) is 0 Å². The zero-order valence-corrected chi connectivity index (χ0v) is 34.8. The Morgan fingerprint density at radius 1 is 0.677 bits per heavy atom. The number of hydrogen-bond donors (Lipinski definition) is 0. The van der Waals surface area contributed by atoms with E-state index in [1.54, 1.807) is 82.1 Å². The van der Waals surface area contributed by atoms with Crippen LogP contribution < -0.4 is 9.30 Å². The van der Waals surface area contributed by atoms with Gasteiger partial charge in [-0.3, -0.25) is 13.7 Å². The highest BCUT2D eigenvalue weighted by Gasteiger charge is 2.21. The molecule has 0 saturated carbocycles. The Balaban J connectivity index is 1.14. The first-order chi connectivity index (χ1) is 35.8. The summed E-state index contributed by atoms with van der Waals surface area (Å²) >= 11 is 0. The normalized spacial score (nSPS) is 15.6. The molecule has 5 nitrogen and oxygen atoms in total. The number of aromatic nitrogens is 4. The fourth-order valence-electron chi connectivity index (χ4n) is 7.98. The molecule has 62 heavy (non-hydrogen) atoms. The highest BCUT2D eigenvalue weighted by atomic mass is 16.5. The molecule has 10 rings (SSSR count). The summed E-state index contributed by atoms with van der Waals surface area (Å²) in [7, 11) is 0. The van der Waals surface area contributed by atoms with Crippen molar-refractivity contribution >= 4 is 32.8 Å². The second-order valence-electron chi connectivity index (χ2n) is 16.4. The predicted octanol–water partition coefficient (Wildman–Crippen LogP) is 14.1. The lowest BCUT2D eigenvalue weighted by molar-refractivity contribution is -0.571. The fourth-order valence-corrected chi connectivity index (χ4v) is 7.98. The molecular weight excluding hydrogens is 757 g/mol. The van der Waals surface area contributed by atoms with E-state index >= 15 is 0 Å². The van der Waals surface area contributed by atoms with E-state index in [9.17, 15) is 0 Å². The van der Waals surface area contributed by atoms with Gasteiger partial charge in [0.2, 0.25) is 0 Å². The van der Waals surface area contributed by atoms with Crippen LogP contribution in [-0.2, 0) is 12.7 Å². The molecule has 0 unspecified atom stereocenters. The molecule has 3 aromatic heterocycles. The Kier molecular flexibility index (Phi) is 6.75. The summed E-state index contributed by atoms with van der Waals surface area (Å²) in [5.41, 5.74) is 3.41. The first-order valence-corrected chi connectivity index (χ1v) is 20.4. The number of benzene rings is 7. The second-order valence-corrected chi connectivity index (χ2v) is 16.4. The van der Waals surface area contributed by atoms with Crippen LogP contribution in [0, 0.1) is 17.7 Å². The van der Waals surface area contributed by atoms with Gasteiger partial charge in [0, 0.05) is 28.5 Å². The van der Waals surface area contributed by atoms with Crippen LogP contribution in [0.25, 0.3) is 72.3 Å². The summed E-state index contributed by atoms with van der Waals surface area (Å²) < 4.78 is 135. The van der Waals surface area contributed by atoms with Crippen LogP contribution in [0.4, 0.5) is 0 Å². The summed E-state index contributed by atoms with van der Waals surface area (Å²) in [6.07, 6.45) is 1.67. The number of pyridine rings is 1. The molecule has 0 radical (unpaired) electrons. The smallest absolute Gasteiger partial charge is 0.269 e. The van der Waals surface area contributed by atoms with E-state index in [0.29, 0.717) is 50.7 Å². The van der Waals surface area contributed by atoms with Gasteiger partial charge >= 0.3 is 0 Å². The van der Waals surface area contributed by atoms with E-state index in [2.05, 4.69) is 6.33 Å². The average molecular weight is 821 g/mol. The first-order valence-electron chi connectivity index (χ1n) is 27.4. The second kappa shape index (κ2) is 16.0. The van der Waals surface area contributed by atoms with Crippen molar-refractivity contribution in [3.8, 4) is 50.9 Å². The molecule has 0 amide bonds. The minimum absolute atomic E-state index is 0.125. The van der Waals surface area contributed by atoms with Crippen molar-refractivity contribution in [1.29, 1.82) is 0 Å². The van der Waals surface area contributed by atoms with E-state index in [4.69, 9.17) is 28.9 Å². The van der Waals surface area contributed by atoms with E-state index in [-0.39, 0.29) is 33.9 Å². The molecule has 0 aliphatic rings. The Labute approximate surface area is 383 Å². The van der Waals surface area contributed by atoms with Crippen molar-refractivity contribution < 1.29 is 28.5 Å². The summed E-state index contributed by atoms with van der Waals surface area (Å²) in [6.45, 7) is 9.24. The molecule has 0 atom stereocenters. The van der Waals surface area contributed by atoms with Crippen molar-refractivity contribution in [3.63, 3.8) is 0 Å². The van der Waals surface area contributed by atoms with Gasteiger partial charge in [0.1, 0.15) is 17.3 Å². The number of para-hydroxylation sites is 3. The van der Waals surface area contributed by atoms with Crippen LogP contribution in [0.2, 0.25) is 0 Å². The molecular formula is C57H50N4O. The Morgan fingerprint density at radius 3 is 2.11 bits per heavy atom. The molecule has 0 spiro atoms. The summed E-state index contributed by atoms with van der Waals surface area (Å²) in [4.78, 5) is 4.76. The molecule has 0 aliphatic heterocycles. The minimum atomic E-state index is -1.72. The van der Waals surface area contributed by atoms with Crippen molar-refractivity contribution in [2.75, 3.05) is 0 Å². The lowest BCUT2D eigenvalue weighted by atomic mass is 9.88. The maximum Gasteiger partial charge on any atom is 0.269 e. The topological polar surface area (TPSA) is 35.9 Å².